The van der Waals surface area contributed by atoms with Crippen LogP contribution in [-0.2, 0) is 0 Å². The van der Waals surface area contributed by atoms with E-state index in [1.54, 1.807) is 0 Å². The van der Waals surface area contributed by atoms with Gasteiger partial charge < -0.3 is 10.0 Å². The highest BCUT2D eigenvalue weighted by atomic mass is 32.2. The summed E-state index contributed by atoms with van der Waals surface area (Å²) in [5.74, 6) is 1.19. The minimum atomic E-state index is -0.326. The fourth-order valence-corrected chi connectivity index (χ4v) is 3.52. The van der Waals surface area contributed by atoms with Gasteiger partial charge in [-0.15, -0.1) is 0 Å². The Morgan fingerprint density at radius 2 is 1.95 bits per heavy atom. The topological polar surface area (TPSA) is 23.5 Å². The van der Waals surface area contributed by atoms with Gasteiger partial charge in [0.2, 0.25) is 0 Å². The van der Waals surface area contributed by atoms with Gasteiger partial charge in [-0.2, -0.15) is 11.8 Å². The van der Waals surface area contributed by atoms with Crippen molar-refractivity contribution >= 4 is 17.4 Å². The Bertz CT molecular complexity index is 402. The van der Waals surface area contributed by atoms with E-state index >= 15 is 0 Å². The van der Waals surface area contributed by atoms with E-state index < -0.39 is 0 Å². The Hall–Kier alpha value is -0.670. The molecule has 1 aliphatic heterocycles. The zero-order valence-corrected chi connectivity index (χ0v) is 13.0. The highest BCUT2D eigenvalue weighted by Crippen LogP contribution is 2.32. The number of aliphatic hydroxyl groups is 1. The standard InChI is InChI=1S/C16H25NOS/c1-4-15(18)13-5-7-14(8-6-13)17-10-9-16(2,3)19-12-11-17/h5-8,15,18H,4,9-12H2,1-3H3/t15-/m0/s1. The third-order valence-electron chi connectivity index (χ3n) is 3.87. The zero-order chi connectivity index (χ0) is 13.9. The van der Waals surface area contributed by atoms with Gasteiger partial charge in [0, 0.05) is 29.3 Å². The number of thioether (sulfide) groups is 1. The van der Waals surface area contributed by atoms with E-state index in [0.29, 0.717) is 4.75 Å². The van der Waals surface area contributed by atoms with Crippen LogP contribution in [0.4, 0.5) is 5.69 Å². The molecule has 0 radical (unpaired) electrons. The number of aliphatic hydroxyl groups excluding tert-OH is 1. The molecule has 3 heteroatoms. The molecule has 0 bridgehead atoms. The zero-order valence-electron chi connectivity index (χ0n) is 12.2. The van der Waals surface area contributed by atoms with Gasteiger partial charge >= 0.3 is 0 Å². The Balaban J connectivity index is 2.05. The maximum Gasteiger partial charge on any atom is 0.0787 e. The molecule has 0 saturated carbocycles. The van der Waals surface area contributed by atoms with Crippen molar-refractivity contribution in [3.8, 4) is 0 Å². The molecule has 2 nitrogen and oxygen atoms in total. The van der Waals surface area contributed by atoms with Gasteiger partial charge in [0.1, 0.15) is 0 Å². The predicted molar refractivity (Wildman–Crippen MR) is 85.1 cm³/mol. The highest BCUT2D eigenvalue weighted by molar-refractivity contribution is 8.00. The number of anilines is 1. The summed E-state index contributed by atoms with van der Waals surface area (Å²) in [6.07, 6.45) is 1.66. The van der Waals surface area contributed by atoms with Crippen molar-refractivity contribution in [2.24, 2.45) is 0 Å². The van der Waals surface area contributed by atoms with Gasteiger partial charge in [-0.3, -0.25) is 0 Å². The lowest BCUT2D eigenvalue weighted by Gasteiger charge is -2.24. The maximum absolute atomic E-state index is 9.83. The Kier molecular flexibility index (Phi) is 4.80. The summed E-state index contributed by atoms with van der Waals surface area (Å²) < 4.78 is 0.396. The molecule has 0 aliphatic carbocycles. The fraction of sp³-hybridized carbons (Fsp3) is 0.625. The average molecular weight is 279 g/mol. The van der Waals surface area contributed by atoms with Gasteiger partial charge in [-0.05, 0) is 30.5 Å². The first-order chi connectivity index (χ1) is 9.02. The molecule has 1 N–H and O–H groups in total. The van der Waals surface area contributed by atoms with Crippen molar-refractivity contribution < 1.29 is 5.11 Å². The number of hydrogen-bond acceptors (Lipinski definition) is 3. The maximum atomic E-state index is 9.83. The van der Waals surface area contributed by atoms with Gasteiger partial charge in [-0.1, -0.05) is 32.9 Å². The van der Waals surface area contributed by atoms with Crippen molar-refractivity contribution in [2.75, 3.05) is 23.7 Å². The molecule has 106 valence electrons. The molecule has 1 aromatic rings. The summed E-state index contributed by atoms with van der Waals surface area (Å²) in [5.41, 5.74) is 2.31. The molecule has 1 aliphatic rings. The molecule has 0 spiro atoms. The van der Waals surface area contributed by atoms with E-state index in [9.17, 15) is 5.11 Å². The van der Waals surface area contributed by atoms with Gasteiger partial charge in [0.25, 0.3) is 0 Å². The Morgan fingerprint density at radius 1 is 1.26 bits per heavy atom. The molecule has 1 saturated heterocycles. The first-order valence-corrected chi connectivity index (χ1v) is 8.17. The molecular weight excluding hydrogens is 254 g/mol. The van der Waals surface area contributed by atoms with Gasteiger partial charge in [0.05, 0.1) is 6.10 Å². The van der Waals surface area contributed by atoms with Crippen LogP contribution in [0, 0.1) is 0 Å². The van der Waals surface area contributed by atoms with Crippen LogP contribution < -0.4 is 4.90 Å². The number of benzene rings is 1. The predicted octanol–water partition coefficient (Wildman–Crippen LogP) is 3.85. The van der Waals surface area contributed by atoms with E-state index in [0.717, 1.165) is 25.1 Å². The summed E-state index contributed by atoms with van der Waals surface area (Å²) in [5, 5.41) is 9.83. The van der Waals surface area contributed by atoms with Crippen molar-refractivity contribution in [1.82, 2.24) is 0 Å². The molecule has 19 heavy (non-hydrogen) atoms. The quantitative estimate of drug-likeness (QED) is 0.909. The lowest BCUT2D eigenvalue weighted by Crippen LogP contribution is -2.26. The summed E-state index contributed by atoms with van der Waals surface area (Å²) in [6, 6.07) is 8.42. The second kappa shape index (κ2) is 6.19. The van der Waals surface area contributed by atoms with Crippen molar-refractivity contribution in [1.29, 1.82) is 0 Å². The second-order valence-electron chi connectivity index (χ2n) is 5.86. The first-order valence-electron chi connectivity index (χ1n) is 7.19. The molecule has 0 amide bonds. The third-order valence-corrected chi connectivity index (χ3v) is 5.24. The van der Waals surface area contributed by atoms with Crippen LogP contribution in [0.2, 0.25) is 0 Å². The van der Waals surface area contributed by atoms with Crippen molar-refractivity contribution in [3.05, 3.63) is 29.8 Å². The van der Waals surface area contributed by atoms with Crippen LogP contribution >= 0.6 is 11.8 Å². The van der Waals surface area contributed by atoms with Crippen LogP contribution in [-0.4, -0.2) is 28.7 Å². The van der Waals surface area contributed by atoms with Crippen LogP contribution in [0.3, 0.4) is 0 Å². The number of rotatable bonds is 3. The SMILES string of the molecule is CC[C@H](O)c1ccc(N2CCSC(C)(C)CC2)cc1. The lowest BCUT2D eigenvalue weighted by molar-refractivity contribution is 0.173. The monoisotopic (exact) mass is 279 g/mol. The molecule has 1 fully saturated rings. The first kappa shape index (κ1) is 14.7. The molecule has 2 rings (SSSR count). The molecule has 1 atom stereocenters. The van der Waals surface area contributed by atoms with E-state index in [4.69, 9.17) is 0 Å². The van der Waals surface area contributed by atoms with E-state index in [2.05, 4.69) is 54.8 Å². The molecule has 1 aromatic carbocycles. The van der Waals surface area contributed by atoms with E-state index in [1.165, 1.54) is 17.9 Å². The van der Waals surface area contributed by atoms with Crippen molar-refractivity contribution in [2.45, 2.75) is 44.5 Å². The lowest BCUT2D eigenvalue weighted by atomic mass is 10.1. The van der Waals surface area contributed by atoms with Crippen LogP contribution in [0.25, 0.3) is 0 Å². The minimum absolute atomic E-state index is 0.326. The normalized spacial score (nSPS) is 20.9. The second-order valence-corrected chi connectivity index (χ2v) is 7.66. The largest absolute Gasteiger partial charge is 0.388 e. The smallest absolute Gasteiger partial charge is 0.0787 e. The third kappa shape index (κ3) is 3.90. The summed E-state index contributed by atoms with van der Waals surface area (Å²) in [4.78, 5) is 2.46. The number of hydrogen-bond donors (Lipinski definition) is 1. The summed E-state index contributed by atoms with van der Waals surface area (Å²) in [6.45, 7) is 8.91. The summed E-state index contributed by atoms with van der Waals surface area (Å²) >= 11 is 2.07. The van der Waals surface area contributed by atoms with E-state index in [1.807, 2.05) is 6.92 Å². The van der Waals surface area contributed by atoms with Crippen LogP contribution in [0.1, 0.15) is 45.3 Å². The van der Waals surface area contributed by atoms with Crippen LogP contribution in [0.15, 0.2) is 24.3 Å². The molecular formula is C16H25NOS. The molecule has 0 aromatic heterocycles. The van der Waals surface area contributed by atoms with E-state index in [-0.39, 0.29) is 6.10 Å². The number of nitrogens with zero attached hydrogens (tertiary/aromatic N) is 1. The highest BCUT2D eigenvalue weighted by Gasteiger charge is 2.23. The Labute approximate surface area is 121 Å². The van der Waals surface area contributed by atoms with Gasteiger partial charge in [0.15, 0.2) is 0 Å². The molecule has 0 unspecified atom stereocenters. The summed E-state index contributed by atoms with van der Waals surface area (Å²) in [7, 11) is 0. The molecule has 1 heterocycles. The Morgan fingerprint density at radius 3 is 2.58 bits per heavy atom. The fourth-order valence-electron chi connectivity index (χ4n) is 2.42. The van der Waals surface area contributed by atoms with Crippen molar-refractivity contribution in [3.63, 3.8) is 0 Å². The average Bonchev–Trinajstić information content (AvgIpc) is 2.59. The van der Waals surface area contributed by atoms with Gasteiger partial charge in [-0.25, -0.2) is 0 Å². The van der Waals surface area contributed by atoms with Crippen LogP contribution in [0.5, 0.6) is 0 Å². The minimum Gasteiger partial charge on any atom is -0.388 e.